The molecule has 0 radical (unpaired) electrons. The summed E-state index contributed by atoms with van der Waals surface area (Å²) in [5.41, 5.74) is 0. The Morgan fingerprint density at radius 3 is 0.975 bits per heavy atom. The molecule has 0 saturated heterocycles. The highest BCUT2D eigenvalue weighted by molar-refractivity contribution is 5.76. The van der Waals surface area contributed by atoms with Crippen LogP contribution in [0, 0.1) is 0 Å². The van der Waals surface area contributed by atoms with E-state index in [1.54, 1.807) is 0 Å². The van der Waals surface area contributed by atoms with Gasteiger partial charge < -0.3 is 20.3 Å². The minimum Gasteiger partial charge on any atom is -0.466 e. The molecule has 0 spiro atoms. The summed E-state index contributed by atoms with van der Waals surface area (Å²) in [4.78, 5) is 24.6. The van der Waals surface area contributed by atoms with Gasteiger partial charge in [-0.3, -0.25) is 9.59 Å². The van der Waals surface area contributed by atoms with Crippen LogP contribution in [0.15, 0.2) is 24.3 Å². The van der Waals surface area contributed by atoms with Gasteiger partial charge in [-0.1, -0.05) is 359 Å². The monoisotopic (exact) mass is 1110 g/mol. The Morgan fingerprint density at radius 1 is 0.354 bits per heavy atom. The average Bonchev–Trinajstić information content (AvgIpc) is 3.45. The van der Waals surface area contributed by atoms with Crippen molar-refractivity contribution in [3.8, 4) is 0 Å². The van der Waals surface area contributed by atoms with Crippen LogP contribution in [0.25, 0.3) is 0 Å². The number of allylic oxidation sites excluding steroid dienone is 4. The Hall–Kier alpha value is -1.66. The Bertz CT molecular complexity index is 1230. The zero-order valence-electron chi connectivity index (χ0n) is 53.6. The van der Waals surface area contributed by atoms with E-state index in [0.717, 1.165) is 51.4 Å². The fraction of sp³-hybridized carbons (Fsp3) is 0.918. The van der Waals surface area contributed by atoms with Crippen LogP contribution in [-0.4, -0.2) is 47.4 Å². The maximum Gasteiger partial charge on any atom is 0.305 e. The third-order valence-electron chi connectivity index (χ3n) is 17.0. The van der Waals surface area contributed by atoms with Crippen molar-refractivity contribution in [1.29, 1.82) is 0 Å². The highest BCUT2D eigenvalue weighted by atomic mass is 16.5. The normalized spacial score (nSPS) is 12.6. The van der Waals surface area contributed by atoms with Crippen molar-refractivity contribution in [3.63, 3.8) is 0 Å². The summed E-state index contributed by atoms with van der Waals surface area (Å²) in [5.74, 6) is -0.0262. The van der Waals surface area contributed by atoms with Crippen molar-refractivity contribution in [3.05, 3.63) is 24.3 Å². The summed E-state index contributed by atoms with van der Waals surface area (Å²) in [5, 5.41) is 23.4. The predicted octanol–water partition coefficient (Wildman–Crippen LogP) is 23.3. The largest absolute Gasteiger partial charge is 0.466 e. The zero-order chi connectivity index (χ0) is 57.1. The number of ether oxygens (including phenoxy) is 1. The van der Waals surface area contributed by atoms with Gasteiger partial charge in [0.25, 0.3) is 0 Å². The summed E-state index contributed by atoms with van der Waals surface area (Å²) in [6.07, 6.45) is 86.5. The molecule has 0 rings (SSSR count). The summed E-state index contributed by atoms with van der Waals surface area (Å²) >= 11 is 0. The molecule has 79 heavy (non-hydrogen) atoms. The van der Waals surface area contributed by atoms with Crippen molar-refractivity contribution in [1.82, 2.24) is 5.32 Å². The van der Waals surface area contributed by atoms with Gasteiger partial charge in [-0.05, 0) is 57.8 Å². The number of aliphatic hydroxyl groups excluding tert-OH is 2. The molecule has 2 unspecified atom stereocenters. The Labute approximate surface area is 494 Å². The first-order chi connectivity index (χ1) is 39.0. The number of hydrogen-bond donors (Lipinski definition) is 3. The fourth-order valence-corrected chi connectivity index (χ4v) is 11.5. The molecular formula is C73H141NO5. The van der Waals surface area contributed by atoms with Gasteiger partial charge in [0.15, 0.2) is 0 Å². The van der Waals surface area contributed by atoms with Crippen molar-refractivity contribution < 1.29 is 24.5 Å². The molecule has 468 valence electrons. The number of esters is 1. The van der Waals surface area contributed by atoms with E-state index in [0.29, 0.717) is 25.9 Å². The Balaban J connectivity index is 3.37. The SMILES string of the molecule is CCCCCC/C=C\C/C=C\CCCCCCCC(=O)OCCCCCCCCCCCCCCCCCCCCCCCCCCC(=O)NC(CO)C(O)CCCCCCCCCCCCCCCCCCCCCCCC. The topological polar surface area (TPSA) is 95.9 Å². The second-order valence-electron chi connectivity index (χ2n) is 24.9. The van der Waals surface area contributed by atoms with Crippen molar-refractivity contribution in [2.75, 3.05) is 13.2 Å². The van der Waals surface area contributed by atoms with Gasteiger partial charge in [0.1, 0.15) is 0 Å². The molecule has 2 atom stereocenters. The molecule has 0 aromatic rings. The van der Waals surface area contributed by atoms with Crippen LogP contribution >= 0.6 is 0 Å². The van der Waals surface area contributed by atoms with E-state index in [-0.39, 0.29) is 18.5 Å². The Morgan fingerprint density at radius 2 is 0.633 bits per heavy atom. The molecular weight excluding hydrogens is 971 g/mol. The molecule has 0 aliphatic rings. The molecule has 3 N–H and O–H groups in total. The van der Waals surface area contributed by atoms with Crippen LogP contribution in [0.1, 0.15) is 406 Å². The molecule has 0 aromatic heterocycles. The fourth-order valence-electron chi connectivity index (χ4n) is 11.5. The highest BCUT2D eigenvalue weighted by Gasteiger charge is 2.20. The smallest absolute Gasteiger partial charge is 0.305 e. The van der Waals surface area contributed by atoms with E-state index in [9.17, 15) is 19.8 Å². The summed E-state index contributed by atoms with van der Waals surface area (Å²) in [6.45, 7) is 4.97. The standard InChI is InChI=1S/C73H141NO5/c1-3-5-7-9-11-13-15-17-19-21-22-23-28-31-34-37-41-45-49-53-57-61-65-71(76)70(69-75)74-72(77)66-62-58-54-50-46-42-38-35-32-29-26-24-25-27-30-33-36-40-44-48-52-56-60-64-68-79-73(78)67-63-59-55-51-47-43-39-20-18-16-14-12-10-8-6-4-2/h14,16,20,39,70-71,75-76H,3-13,15,17-19,21-38,40-69H2,1-2H3,(H,74,77)/b16-14-,39-20-. The number of carbonyl (C=O) groups is 2. The van der Waals surface area contributed by atoms with Gasteiger partial charge in [-0.15, -0.1) is 0 Å². The Kier molecular flexibility index (Phi) is 67.4. The lowest BCUT2D eigenvalue weighted by molar-refractivity contribution is -0.143. The molecule has 0 aliphatic heterocycles. The highest BCUT2D eigenvalue weighted by Crippen LogP contribution is 2.19. The lowest BCUT2D eigenvalue weighted by atomic mass is 10.0. The molecule has 0 fully saturated rings. The van der Waals surface area contributed by atoms with Crippen molar-refractivity contribution in [2.45, 2.75) is 418 Å². The van der Waals surface area contributed by atoms with Crippen LogP contribution < -0.4 is 5.32 Å². The van der Waals surface area contributed by atoms with Crippen LogP contribution in [0.5, 0.6) is 0 Å². The van der Waals surface area contributed by atoms with E-state index in [1.165, 1.54) is 321 Å². The van der Waals surface area contributed by atoms with Crippen molar-refractivity contribution in [2.24, 2.45) is 0 Å². The van der Waals surface area contributed by atoms with Gasteiger partial charge in [-0.2, -0.15) is 0 Å². The first kappa shape index (κ1) is 77.3. The minimum absolute atomic E-state index is 0.00297. The number of aliphatic hydroxyl groups is 2. The number of unbranched alkanes of at least 4 members (excludes halogenated alkanes) is 53. The lowest BCUT2D eigenvalue weighted by Gasteiger charge is -2.22. The number of hydrogen-bond acceptors (Lipinski definition) is 5. The van der Waals surface area contributed by atoms with E-state index >= 15 is 0 Å². The summed E-state index contributed by atoms with van der Waals surface area (Å²) in [6, 6.07) is -0.542. The molecule has 6 nitrogen and oxygen atoms in total. The van der Waals surface area contributed by atoms with Crippen LogP contribution in [0.3, 0.4) is 0 Å². The predicted molar refractivity (Wildman–Crippen MR) is 347 cm³/mol. The molecule has 0 bridgehead atoms. The van der Waals surface area contributed by atoms with Gasteiger partial charge in [0.2, 0.25) is 5.91 Å². The minimum atomic E-state index is -0.665. The number of amides is 1. The molecule has 1 amide bonds. The summed E-state index contributed by atoms with van der Waals surface area (Å²) in [7, 11) is 0. The van der Waals surface area contributed by atoms with Crippen LogP contribution in [-0.2, 0) is 14.3 Å². The zero-order valence-corrected chi connectivity index (χ0v) is 53.6. The molecule has 0 saturated carbocycles. The van der Waals surface area contributed by atoms with Crippen molar-refractivity contribution >= 4 is 11.9 Å². The second kappa shape index (κ2) is 68.8. The average molecular weight is 1110 g/mol. The van der Waals surface area contributed by atoms with Gasteiger partial charge in [-0.25, -0.2) is 0 Å². The molecule has 0 aromatic carbocycles. The van der Waals surface area contributed by atoms with E-state index < -0.39 is 12.1 Å². The van der Waals surface area contributed by atoms with Gasteiger partial charge in [0.05, 0.1) is 25.4 Å². The van der Waals surface area contributed by atoms with Gasteiger partial charge in [0, 0.05) is 12.8 Å². The number of carbonyl (C=O) groups excluding carboxylic acids is 2. The third-order valence-corrected chi connectivity index (χ3v) is 17.0. The summed E-state index contributed by atoms with van der Waals surface area (Å²) < 4.78 is 5.49. The van der Waals surface area contributed by atoms with E-state index in [4.69, 9.17) is 4.74 Å². The van der Waals surface area contributed by atoms with E-state index in [2.05, 4.69) is 43.5 Å². The molecule has 6 heteroatoms. The first-order valence-electron chi connectivity index (χ1n) is 36.1. The second-order valence-corrected chi connectivity index (χ2v) is 24.9. The number of nitrogens with one attached hydrogen (secondary N) is 1. The maximum absolute atomic E-state index is 12.6. The molecule has 0 heterocycles. The third kappa shape index (κ3) is 65.4. The lowest BCUT2D eigenvalue weighted by Crippen LogP contribution is -2.45. The van der Waals surface area contributed by atoms with E-state index in [1.807, 2.05) is 0 Å². The first-order valence-corrected chi connectivity index (χ1v) is 36.1. The quantitative estimate of drug-likeness (QED) is 0.0320. The van der Waals surface area contributed by atoms with Crippen LogP contribution in [0.2, 0.25) is 0 Å². The molecule has 0 aliphatic carbocycles. The van der Waals surface area contributed by atoms with Gasteiger partial charge >= 0.3 is 5.97 Å². The maximum atomic E-state index is 12.6. The number of rotatable bonds is 68. The van der Waals surface area contributed by atoms with Crippen LogP contribution in [0.4, 0.5) is 0 Å².